The average Bonchev–Trinajstić information content (AvgIpc) is 2.68. The number of hydrogen-bond donors (Lipinski definition) is 2. The van der Waals surface area contributed by atoms with Gasteiger partial charge in [0.05, 0.1) is 6.04 Å². The Kier molecular flexibility index (Phi) is 2.99. The van der Waals surface area contributed by atoms with Gasteiger partial charge < -0.3 is 16.0 Å². The van der Waals surface area contributed by atoms with Gasteiger partial charge in [-0.1, -0.05) is 27.7 Å². The highest BCUT2D eigenvalue weighted by atomic mass is 16.2. The van der Waals surface area contributed by atoms with Crippen molar-refractivity contribution in [1.82, 2.24) is 10.2 Å². The summed E-state index contributed by atoms with van der Waals surface area (Å²) in [6, 6.07) is 0.170. The molecule has 0 bridgehead atoms. The van der Waals surface area contributed by atoms with Crippen LogP contribution in [0.5, 0.6) is 0 Å². The number of piperazine rings is 1. The van der Waals surface area contributed by atoms with Gasteiger partial charge in [-0.3, -0.25) is 4.79 Å². The molecular weight excluding hydrogens is 214 g/mol. The maximum absolute atomic E-state index is 12.6. The molecule has 0 spiro atoms. The molecule has 1 aliphatic carbocycles. The minimum absolute atomic E-state index is 0.119. The van der Waals surface area contributed by atoms with Gasteiger partial charge in [0.25, 0.3) is 0 Å². The minimum atomic E-state index is 0.119. The quantitative estimate of drug-likeness (QED) is 0.734. The van der Waals surface area contributed by atoms with Crippen molar-refractivity contribution >= 4 is 5.91 Å². The second kappa shape index (κ2) is 3.95. The third kappa shape index (κ3) is 1.78. The van der Waals surface area contributed by atoms with E-state index in [1.54, 1.807) is 0 Å². The molecule has 2 aliphatic rings. The van der Waals surface area contributed by atoms with Crippen molar-refractivity contribution in [2.75, 3.05) is 26.2 Å². The van der Waals surface area contributed by atoms with Crippen LogP contribution in [0.2, 0.25) is 0 Å². The van der Waals surface area contributed by atoms with Crippen LogP contribution in [-0.2, 0) is 4.79 Å². The van der Waals surface area contributed by atoms with E-state index in [2.05, 4.69) is 33.0 Å². The molecule has 17 heavy (non-hydrogen) atoms. The number of nitrogens with zero attached hydrogens (tertiary/aromatic N) is 1. The third-order valence-electron chi connectivity index (χ3n) is 5.17. The first kappa shape index (κ1) is 12.8. The van der Waals surface area contributed by atoms with Gasteiger partial charge in [0.15, 0.2) is 0 Å². The molecule has 1 atom stereocenters. The van der Waals surface area contributed by atoms with E-state index in [1.165, 1.54) is 0 Å². The molecule has 1 heterocycles. The van der Waals surface area contributed by atoms with Gasteiger partial charge in [-0.15, -0.1) is 0 Å². The highest BCUT2D eigenvalue weighted by molar-refractivity contribution is 5.84. The maximum atomic E-state index is 12.6. The first-order valence-corrected chi connectivity index (χ1v) is 6.55. The van der Waals surface area contributed by atoms with Gasteiger partial charge in [0, 0.05) is 32.1 Å². The Hall–Kier alpha value is -0.610. The van der Waals surface area contributed by atoms with Crippen molar-refractivity contribution in [3.8, 4) is 0 Å². The molecule has 3 N–H and O–H groups in total. The smallest absolute Gasteiger partial charge is 0.227 e. The Morgan fingerprint density at radius 1 is 1.35 bits per heavy atom. The molecular formula is C13H25N3O. The molecule has 0 aromatic rings. The van der Waals surface area contributed by atoms with Gasteiger partial charge in [-0.2, -0.15) is 0 Å². The molecule has 0 aromatic carbocycles. The van der Waals surface area contributed by atoms with Gasteiger partial charge >= 0.3 is 0 Å². The molecule has 4 nitrogen and oxygen atoms in total. The van der Waals surface area contributed by atoms with Gasteiger partial charge in [0.1, 0.15) is 0 Å². The van der Waals surface area contributed by atoms with E-state index < -0.39 is 0 Å². The van der Waals surface area contributed by atoms with Crippen LogP contribution in [0.4, 0.5) is 0 Å². The zero-order valence-electron chi connectivity index (χ0n) is 11.4. The van der Waals surface area contributed by atoms with Crippen LogP contribution in [0, 0.1) is 16.7 Å². The first-order chi connectivity index (χ1) is 7.84. The minimum Gasteiger partial charge on any atom is -0.336 e. The molecule has 0 aromatic heterocycles. The fraction of sp³-hybridized carbons (Fsp3) is 0.923. The topological polar surface area (TPSA) is 58.4 Å². The van der Waals surface area contributed by atoms with E-state index in [0.717, 1.165) is 19.6 Å². The Morgan fingerprint density at radius 3 is 2.41 bits per heavy atom. The predicted octanol–water partition coefficient (Wildman–Crippen LogP) is 0.428. The van der Waals surface area contributed by atoms with Crippen LogP contribution >= 0.6 is 0 Å². The normalized spacial score (nSPS) is 31.4. The second-order valence-corrected chi connectivity index (χ2v) is 6.50. The van der Waals surface area contributed by atoms with E-state index in [1.807, 2.05) is 4.90 Å². The van der Waals surface area contributed by atoms with E-state index in [9.17, 15) is 4.79 Å². The molecule has 1 saturated heterocycles. The summed E-state index contributed by atoms with van der Waals surface area (Å²) in [5.41, 5.74) is 5.99. The summed E-state index contributed by atoms with van der Waals surface area (Å²) in [7, 11) is 0. The Morgan fingerprint density at radius 2 is 1.94 bits per heavy atom. The monoisotopic (exact) mass is 239 g/mol. The Labute approximate surface area is 104 Å². The molecule has 4 heteroatoms. The summed E-state index contributed by atoms with van der Waals surface area (Å²) < 4.78 is 0. The lowest BCUT2D eigenvalue weighted by molar-refractivity contribution is -0.136. The second-order valence-electron chi connectivity index (χ2n) is 6.50. The van der Waals surface area contributed by atoms with Crippen molar-refractivity contribution in [1.29, 1.82) is 0 Å². The lowest BCUT2D eigenvalue weighted by Gasteiger charge is -2.36. The standard InChI is InChI=1S/C13H25N3O/c1-12(2)10(13(12,3)4)11(17)16-6-5-15-8-9(16)7-14/h9-10,15H,5-8,14H2,1-4H3. The summed E-state index contributed by atoms with van der Waals surface area (Å²) >= 11 is 0. The number of carbonyl (C=O) groups is 1. The summed E-state index contributed by atoms with van der Waals surface area (Å²) in [5.74, 6) is 0.458. The predicted molar refractivity (Wildman–Crippen MR) is 68.5 cm³/mol. The van der Waals surface area contributed by atoms with Crippen LogP contribution in [-0.4, -0.2) is 43.0 Å². The van der Waals surface area contributed by atoms with Crippen LogP contribution < -0.4 is 11.1 Å². The number of hydrogen-bond acceptors (Lipinski definition) is 3. The lowest BCUT2D eigenvalue weighted by Crippen LogP contribution is -2.57. The number of rotatable bonds is 2. The number of carbonyl (C=O) groups excluding carboxylic acids is 1. The van der Waals surface area contributed by atoms with Crippen LogP contribution in [0.25, 0.3) is 0 Å². The summed E-state index contributed by atoms with van der Waals surface area (Å²) in [6.45, 7) is 11.8. The Balaban J connectivity index is 2.10. The third-order valence-corrected chi connectivity index (χ3v) is 5.17. The fourth-order valence-corrected chi connectivity index (χ4v) is 3.24. The highest BCUT2D eigenvalue weighted by Crippen LogP contribution is 2.68. The van der Waals surface area contributed by atoms with Gasteiger partial charge in [0.2, 0.25) is 5.91 Å². The van der Waals surface area contributed by atoms with Crippen LogP contribution in [0.1, 0.15) is 27.7 Å². The SMILES string of the molecule is CC1(C)C(C(=O)N2CCNCC2CN)C1(C)C. The zero-order chi connectivity index (χ0) is 12.8. The molecule has 2 rings (SSSR count). The van der Waals surface area contributed by atoms with E-state index >= 15 is 0 Å². The molecule has 1 amide bonds. The van der Waals surface area contributed by atoms with Crippen molar-refractivity contribution in [2.45, 2.75) is 33.7 Å². The first-order valence-electron chi connectivity index (χ1n) is 6.55. The maximum Gasteiger partial charge on any atom is 0.227 e. The van der Waals surface area contributed by atoms with E-state index in [4.69, 9.17) is 5.73 Å². The molecule has 98 valence electrons. The van der Waals surface area contributed by atoms with Crippen molar-refractivity contribution in [2.24, 2.45) is 22.5 Å². The molecule has 1 unspecified atom stereocenters. The van der Waals surface area contributed by atoms with Crippen molar-refractivity contribution in [3.63, 3.8) is 0 Å². The fourth-order valence-electron chi connectivity index (χ4n) is 3.24. The Bertz CT molecular complexity index is 311. The molecule has 0 radical (unpaired) electrons. The average molecular weight is 239 g/mol. The van der Waals surface area contributed by atoms with E-state index in [-0.39, 0.29) is 22.8 Å². The van der Waals surface area contributed by atoms with E-state index in [0.29, 0.717) is 12.5 Å². The van der Waals surface area contributed by atoms with Crippen LogP contribution in [0.3, 0.4) is 0 Å². The number of nitrogens with one attached hydrogen (secondary N) is 1. The molecule has 1 saturated carbocycles. The molecule has 1 aliphatic heterocycles. The number of amides is 1. The lowest BCUT2D eigenvalue weighted by atomic mass is 10.0. The summed E-state index contributed by atoms with van der Waals surface area (Å²) in [4.78, 5) is 14.6. The zero-order valence-corrected chi connectivity index (χ0v) is 11.4. The van der Waals surface area contributed by atoms with Crippen molar-refractivity contribution < 1.29 is 4.79 Å². The summed E-state index contributed by atoms with van der Waals surface area (Å²) in [6.07, 6.45) is 0. The van der Waals surface area contributed by atoms with Crippen molar-refractivity contribution in [3.05, 3.63) is 0 Å². The summed E-state index contributed by atoms with van der Waals surface area (Å²) in [5, 5.41) is 3.30. The molecule has 2 fully saturated rings. The number of nitrogens with two attached hydrogens (primary N) is 1. The van der Waals surface area contributed by atoms with Gasteiger partial charge in [-0.25, -0.2) is 0 Å². The largest absolute Gasteiger partial charge is 0.336 e. The highest BCUT2D eigenvalue weighted by Gasteiger charge is 2.69. The van der Waals surface area contributed by atoms with Gasteiger partial charge in [-0.05, 0) is 10.8 Å². The van der Waals surface area contributed by atoms with Crippen LogP contribution in [0.15, 0.2) is 0 Å².